The minimum atomic E-state index is -3.71. The number of para-hydroxylation sites is 1. The van der Waals surface area contributed by atoms with Crippen molar-refractivity contribution < 1.29 is 22.3 Å². The molecule has 0 fully saturated rings. The summed E-state index contributed by atoms with van der Waals surface area (Å²) in [6, 6.07) is 12.9. The number of sulfone groups is 1. The van der Waals surface area contributed by atoms with Crippen molar-refractivity contribution in [3.8, 4) is 5.75 Å². The average Bonchev–Trinajstić information content (AvgIpc) is 3.15. The molecular weight excluding hydrogens is 417 g/mol. The number of hydrogen-bond donors (Lipinski definition) is 1. The Kier molecular flexibility index (Phi) is 6.23. The number of anilines is 1. The molecule has 1 aromatic heterocycles. The second kappa shape index (κ2) is 8.66. The van der Waals surface area contributed by atoms with Gasteiger partial charge in [0.25, 0.3) is 5.91 Å². The molecule has 1 N–H and O–H groups in total. The average molecular weight is 436 g/mol. The number of amides is 1. The van der Waals surface area contributed by atoms with Crippen LogP contribution in [0.25, 0.3) is 0 Å². The molecule has 7 nitrogen and oxygen atoms in total. The van der Waals surface area contributed by atoms with Crippen molar-refractivity contribution in [3.05, 3.63) is 65.5 Å². The Labute approximate surface area is 171 Å². The van der Waals surface area contributed by atoms with Crippen molar-refractivity contribution >= 4 is 32.2 Å². The highest BCUT2D eigenvalue weighted by Gasteiger charge is 2.24. The van der Waals surface area contributed by atoms with Gasteiger partial charge in [-0.2, -0.15) is 0 Å². The summed E-state index contributed by atoms with van der Waals surface area (Å²) in [4.78, 5) is 12.3. The normalized spacial score (nSPS) is 12.4. The Morgan fingerprint density at radius 2 is 1.86 bits per heavy atom. The zero-order chi connectivity index (χ0) is 21.0. The number of halogens is 1. The van der Waals surface area contributed by atoms with Gasteiger partial charge in [0.2, 0.25) is 19.3 Å². The Hall–Kier alpha value is -2.85. The van der Waals surface area contributed by atoms with E-state index in [9.17, 15) is 17.6 Å². The van der Waals surface area contributed by atoms with Gasteiger partial charge in [-0.3, -0.25) is 10.1 Å². The number of benzene rings is 2. The van der Waals surface area contributed by atoms with Gasteiger partial charge in [0.05, 0.1) is 5.75 Å². The van der Waals surface area contributed by atoms with E-state index in [4.69, 9.17) is 4.74 Å². The van der Waals surface area contributed by atoms with Gasteiger partial charge < -0.3 is 4.74 Å². The van der Waals surface area contributed by atoms with Gasteiger partial charge in [0.15, 0.2) is 17.7 Å². The van der Waals surface area contributed by atoms with Crippen LogP contribution in [-0.2, 0) is 20.4 Å². The number of ether oxygens (including phenoxy) is 1. The SMILES string of the molecule is Cc1ccccc1CS(=O)(=O)c1nnc(NC(=O)[C@@H](C)Oc2ccccc2F)s1. The Morgan fingerprint density at radius 1 is 1.17 bits per heavy atom. The van der Waals surface area contributed by atoms with E-state index >= 15 is 0 Å². The maximum Gasteiger partial charge on any atom is 0.266 e. The lowest BCUT2D eigenvalue weighted by Gasteiger charge is -2.13. The number of nitrogens with zero attached hydrogens (tertiary/aromatic N) is 2. The van der Waals surface area contributed by atoms with Gasteiger partial charge in [0, 0.05) is 0 Å². The van der Waals surface area contributed by atoms with Crippen LogP contribution in [-0.4, -0.2) is 30.6 Å². The first kappa shape index (κ1) is 20.9. The van der Waals surface area contributed by atoms with Crippen molar-refractivity contribution in [1.82, 2.24) is 10.2 Å². The number of nitrogens with one attached hydrogen (secondary N) is 1. The molecule has 29 heavy (non-hydrogen) atoms. The summed E-state index contributed by atoms with van der Waals surface area (Å²) < 4.78 is 43.9. The molecule has 1 atom stereocenters. The highest BCUT2D eigenvalue weighted by molar-refractivity contribution is 7.92. The van der Waals surface area contributed by atoms with Crippen molar-refractivity contribution in [2.45, 2.75) is 30.0 Å². The zero-order valence-corrected chi connectivity index (χ0v) is 17.3. The van der Waals surface area contributed by atoms with Gasteiger partial charge in [-0.25, -0.2) is 12.8 Å². The molecule has 3 rings (SSSR count). The number of carbonyl (C=O) groups excluding carboxylic acids is 1. The Bertz CT molecular complexity index is 1130. The zero-order valence-electron chi connectivity index (χ0n) is 15.6. The predicted molar refractivity (Wildman–Crippen MR) is 107 cm³/mol. The van der Waals surface area contributed by atoms with Gasteiger partial charge in [-0.05, 0) is 37.1 Å². The van der Waals surface area contributed by atoms with Crippen LogP contribution < -0.4 is 10.1 Å². The van der Waals surface area contributed by atoms with Crippen LogP contribution in [0.1, 0.15) is 18.1 Å². The maximum atomic E-state index is 13.6. The number of carbonyl (C=O) groups is 1. The number of hydrogen-bond acceptors (Lipinski definition) is 7. The summed E-state index contributed by atoms with van der Waals surface area (Å²) in [6.45, 7) is 3.27. The van der Waals surface area contributed by atoms with E-state index in [1.54, 1.807) is 18.2 Å². The van der Waals surface area contributed by atoms with E-state index < -0.39 is 27.7 Å². The second-order valence-corrected chi connectivity index (χ2v) is 9.38. The molecule has 1 amide bonds. The fraction of sp³-hybridized carbons (Fsp3) is 0.211. The summed E-state index contributed by atoms with van der Waals surface area (Å²) in [6.07, 6.45) is -1.03. The summed E-state index contributed by atoms with van der Waals surface area (Å²) in [5.74, 6) is -1.47. The van der Waals surface area contributed by atoms with Crippen LogP contribution >= 0.6 is 11.3 Å². The molecule has 152 valence electrons. The third kappa shape index (κ3) is 5.15. The third-order valence-corrected chi connectivity index (χ3v) is 6.97. The molecule has 0 saturated heterocycles. The molecule has 0 unspecified atom stereocenters. The minimum Gasteiger partial charge on any atom is -0.478 e. The Morgan fingerprint density at radius 3 is 2.59 bits per heavy atom. The highest BCUT2D eigenvalue weighted by atomic mass is 32.2. The van der Waals surface area contributed by atoms with Crippen LogP contribution in [0.3, 0.4) is 0 Å². The highest BCUT2D eigenvalue weighted by Crippen LogP contribution is 2.25. The van der Waals surface area contributed by atoms with E-state index in [1.165, 1.54) is 25.1 Å². The molecule has 2 aromatic carbocycles. The van der Waals surface area contributed by atoms with Crippen molar-refractivity contribution in [2.75, 3.05) is 5.32 Å². The van der Waals surface area contributed by atoms with E-state index in [1.807, 2.05) is 19.1 Å². The quantitative estimate of drug-likeness (QED) is 0.572. The lowest BCUT2D eigenvalue weighted by molar-refractivity contribution is -0.122. The van der Waals surface area contributed by atoms with Gasteiger partial charge in [-0.15, -0.1) is 10.2 Å². The van der Waals surface area contributed by atoms with Crippen molar-refractivity contribution in [2.24, 2.45) is 0 Å². The summed E-state index contributed by atoms with van der Waals surface area (Å²) in [5.41, 5.74) is 1.52. The molecule has 0 spiro atoms. The van der Waals surface area contributed by atoms with Crippen LogP contribution in [0.5, 0.6) is 5.75 Å². The van der Waals surface area contributed by atoms with Crippen molar-refractivity contribution in [3.63, 3.8) is 0 Å². The molecular formula is C19H18FN3O4S2. The summed E-state index contributed by atoms with van der Waals surface area (Å²) in [5, 5.41) is 9.87. The number of rotatable bonds is 7. The van der Waals surface area contributed by atoms with Gasteiger partial charge in [-0.1, -0.05) is 47.7 Å². The molecule has 0 aliphatic heterocycles. The molecule has 0 aliphatic rings. The second-order valence-electron chi connectivity index (χ2n) is 6.24. The van der Waals surface area contributed by atoms with Gasteiger partial charge in [0.1, 0.15) is 0 Å². The first-order valence-corrected chi connectivity index (χ1v) is 11.1. The molecule has 1 heterocycles. The number of aryl methyl sites for hydroxylation is 1. The fourth-order valence-corrected chi connectivity index (χ4v) is 4.84. The molecule has 0 radical (unpaired) electrons. The smallest absolute Gasteiger partial charge is 0.266 e. The van der Waals surface area contributed by atoms with E-state index in [0.29, 0.717) is 5.56 Å². The first-order valence-electron chi connectivity index (χ1n) is 8.59. The molecule has 3 aromatic rings. The van der Waals surface area contributed by atoms with Crippen LogP contribution in [0.2, 0.25) is 0 Å². The molecule has 0 bridgehead atoms. The fourth-order valence-electron chi connectivity index (χ4n) is 2.42. The minimum absolute atomic E-state index is 0.0161. The summed E-state index contributed by atoms with van der Waals surface area (Å²) >= 11 is 0.748. The Balaban J connectivity index is 1.67. The molecule has 10 heteroatoms. The third-order valence-electron chi connectivity index (χ3n) is 4.02. The standard InChI is InChI=1S/C19H18FN3O4S2/c1-12-7-3-4-8-14(12)11-29(25,26)19-23-22-18(28-19)21-17(24)13(2)27-16-10-6-5-9-15(16)20/h3-10,13H,11H2,1-2H3,(H,21,22,24)/t13-/m1/s1. The number of aromatic nitrogens is 2. The predicted octanol–water partition coefficient (Wildman–Crippen LogP) is 3.37. The molecule has 0 aliphatic carbocycles. The maximum absolute atomic E-state index is 13.6. The van der Waals surface area contributed by atoms with E-state index in [-0.39, 0.29) is 21.0 Å². The van der Waals surface area contributed by atoms with Crippen LogP contribution in [0.4, 0.5) is 9.52 Å². The molecule has 0 saturated carbocycles. The van der Waals surface area contributed by atoms with Gasteiger partial charge >= 0.3 is 0 Å². The van der Waals surface area contributed by atoms with Crippen LogP contribution in [0, 0.1) is 12.7 Å². The van der Waals surface area contributed by atoms with Crippen molar-refractivity contribution in [1.29, 1.82) is 0 Å². The van der Waals surface area contributed by atoms with Crippen LogP contribution in [0.15, 0.2) is 52.9 Å². The van der Waals surface area contributed by atoms with E-state index in [0.717, 1.165) is 16.9 Å². The van der Waals surface area contributed by atoms with E-state index in [2.05, 4.69) is 15.5 Å². The monoisotopic (exact) mass is 435 g/mol. The lowest BCUT2D eigenvalue weighted by Crippen LogP contribution is -2.30. The largest absolute Gasteiger partial charge is 0.478 e. The first-order chi connectivity index (χ1) is 13.8. The lowest BCUT2D eigenvalue weighted by atomic mass is 10.1. The topological polar surface area (TPSA) is 98.3 Å². The summed E-state index contributed by atoms with van der Waals surface area (Å²) in [7, 11) is -3.71.